The van der Waals surface area contributed by atoms with E-state index in [-0.39, 0.29) is 11.6 Å². The lowest BCUT2D eigenvalue weighted by Crippen LogP contribution is -2.38. The Morgan fingerprint density at radius 2 is 1.78 bits per heavy atom. The van der Waals surface area contributed by atoms with Crippen LogP contribution in [-0.2, 0) is 13.5 Å². The van der Waals surface area contributed by atoms with Crippen molar-refractivity contribution in [2.75, 3.05) is 0 Å². The lowest BCUT2D eigenvalue weighted by Gasteiger charge is -2.30. The van der Waals surface area contributed by atoms with Gasteiger partial charge in [0, 0.05) is 39.7 Å². The van der Waals surface area contributed by atoms with Gasteiger partial charge in [0.1, 0.15) is 0 Å². The average Bonchev–Trinajstić information content (AvgIpc) is 3.39. The minimum absolute atomic E-state index is 0.0185. The number of halogens is 1. The number of rotatable bonds is 2. The van der Waals surface area contributed by atoms with Crippen LogP contribution in [0, 0.1) is 0 Å². The summed E-state index contributed by atoms with van der Waals surface area (Å²) in [4.78, 5) is 19.9. The predicted molar refractivity (Wildman–Crippen MR) is 150 cm³/mol. The Labute approximate surface area is 220 Å². The second-order valence-corrected chi connectivity index (χ2v) is 11.3. The highest BCUT2D eigenvalue weighted by molar-refractivity contribution is 9.10. The van der Waals surface area contributed by atoms with E-state index >= 15 is 0 Å². The molecule has 1 aliphatic carbocycles. The summed E-state index contributed by atoms with van der Waals surface area (Å²) in [7, 11) is 2.04. The van der Waals surface area contributed by atoms with Gasteiger partial charge in [0.05, 0.1) is 16.3 Å². The molecule has 2 aliphatic rings. The highest BCUT2D eigenvalue weighted by atomic mass is 79.9. The number of hydrogen-bond donors (Lipinski definition) is 0. The number of para-hydroxylation sites is 1. The zero-order chi connectivity index (χ0) is 24.4. The molecule has 36 heavy (non-hydrogen) atoms. The van der Waals surface area contributed by atoms with Crippen LogP contribution in [0.5, 0.6) is 0 Å². The minimum Gasteiger partial charge on any atom is -0.350 e. The Kier molecular flexibility index (Phi) is 5.01. The number of benzene rings is 3. The summed E-state index contributed by atoms with van der Waals surface area (Å²) in [6.07, 6.45) is 5.97. The maximum atomic E-state index is 14.0. The van der Waals surface area contributed by atoms with E-state index in [0.717, 1.165) is 49.8 Å². The number of hydrogen-bond acceptors (Lipinski definition) is 3. The van der Waals surface area contributed by atoms with Crippen LogP contribution in [0.2, 0.25) is 0 Å². The molecule has 0 saturated carbocycles. The molecule has 0 saturated heterocycles. The molecule has 1 aliphatic heterocycles. The van der Waals surface area contributed by atoms with Gasteiger partial charge in [0.25, 0.3) is 5.56 Å². The number of aromatic nitrogens is 2. The summed E-state index contributed by atoms with van der Waals surface area (Å²) >= 11 is 5.05. The van der Waals surface area contributed by atoms with Crippen LogP contribution in [0.15, 0.2) is 98.8 Å². The fraction of sp³-hybridized carbons (Fsp3) is 0.133. The number of thiazole rings is 1. The normalized spacial score (nSPS) is 17.1. The van der Waals surface area contributed by atoms with Gasteiger partial charge in [-0.1, -0.05) is 81.9 Å². The quantitative estimate of drug-likeness (QED) is 0.282. The summed E-state index contributed by atoms with van der Waals surface area (Å²) in [5.41, 5.74) is 8.09. The highest BCUT2D eigenvalue weighted by Gasteiger charge is 2.32. The van der Waals surface area contributed by atoms with Gasteiger partial charge in [0.15, 0.2) is 4.80 Å². The van der Waals surface area contributed by atoms with Crippen LogP contribution in [0.3, 0.4) is 0 Å². The van der Waals surface area contributed by atoms with E-state index < -0.39 is 0 Å². The molecule has 2 aromatic heterocycles. The second-order valence-electron chi connectivity index (χ2n) is 9.38. The number of nitrogens with zero attached hydrogens (tertiary/aromatic N) is 3. The van der Waals surface area contributed by atoms with Crippen LogP contribution in [0.1, 0.15) is 34.7 Å². The Bertz CT molecular complexity index is 1890. The van der Waals surface area contributed by atoms with Crippen molar-refractivity contribution in [1.82, 2.24) is 9.13 Å². The van der Waals surface area contributed by atoms with Crippen molar-refractivity contribution in [2.24, 2.45) is 12.0 Å². The summed E-state index contributed by atoms with van der Waals surface area (Å²) in [6, 6.07) is 25.0. The smallest absolute Gasteiger partial charge is 0.271 e. The summed E-state index contributed by atoms with van der Waals surface area (Å²) < 4.78 is 5.76. The first-order chi connectivity index (χ1) is 17.6. The van der Waals surface area contributed by atoms with Crippen molar-refractivity contribution in [3.63, 3.8) is 0 Å². The Morgan fingerprint density at radius 3 is 2.64 bits per heavy atom. The average molecular weight is 552 g/mol. The lowest BCUT2D eigenvalue weighted by atomic mass is 9.83. The summed E-state index contributed by atoms with van der Waals surface area (Å²) in [6.45, 7) is 0. The summed E-state index contributed by atoms with van der Waals surface area (Å²) in [5, 5.41) is 1.14. The third-order valence-electron chi connectivity index (χ3n) is 7.27. The van der Waals surface area contributed by atoms with Gasteiger partial charge in [0.2, 0.25) is 0 Å². The zero-order valence-electron chi connectivity index (χ0n) is 19.6. The van der Waals surface area contributed by atoms with Crippen molar-refractivity contribution in [3.05, 3.63) is 131 Å². The molecule has 176 valence electrons. The fourth-order valence-corrected chi connectivity index (χ4v) is 6.85. The van der Waals surface area contributed by atoms with Crippen LogP contribution in [-0.4, -0.2) is 9.13 Å². The van der Waals surface area contributed by atoms with Gasteiger partial charge in [-0.25, -0.2) is 4.99 Å². The number of fused-ring (bicyclic) bond motifs is 4. The maximum Gasteiger partial charge on any atom is 0.271 e. The molecule has 5 aromatic rings. The molecule has 0 fully saturated rings. The third-order valence-corrected chi connectivity index (χ3v) is 8.78. The molecule has 4 nitrogen and oxygen atoms in total. The van der Waals surface area contributed by atoms with Gasteiger partial charge in [-0.2, -0.15) is 0 Å². The SMILES string of the molecule is Cn1cc(/C=c2\sc3n(c2=O)[C@H](c2ccc(Br)cc2)C2=C(N=3)c3ccccc3CC2)c2ccccc21. The first-order valence-corrected chi connectivity index (χ1v) is 13.6. The topological polar surface area (TPSA) is 39.3 Å². The first-order valence-electron chi connectivity index (χ1n) is 12.0. The zero-order valence-corrected chi connectivity index (χ0v) is 22.0. The van der Waals surface area contributed by atoms with E-state index in [1.807, 2.05) is 29.8 Å². The molecule has 0 spiro atoms. The molecule has 6 heteroatoms. The molecular formula is C30H22BrN3OS. The molecule has 0 unspecified atom stereocenters. The first kappa shape index (κ1) is 21.8. The molecule has 3 heterocycles. The van der Waals surface area contributed by atoms with Gasteiger partial charge in [-0.3, -0.25) is 9.36 Å². The summed E-state index contributed by atoms with van der Waals surface area (Å²) in [5.74, 6) is 0. The standard InChI is InChI=1S/C30H22BrN3OS/c1-33-17-20(22-7-4-5-9-25(22)33)16-26-29(35)34-28(19-10-13-21(31)14-11-19)24-15-12-18-6-2-3-8-23(18)27(24)32-30(34)36-26/h2-11,13-14,16-17,28H,12,15H2,1H3/b26-16-/t28-/m1/s1. The Balaban J connectivity index is 1.50. The van der Waals surface area contributed by atoms with Crippen molar-refractivity contribution < 1.29 is 0 Å². The van der Waals surface area contributed by atoms with Crippen molar-refractivity contribution in [1.29, 1.82) is 0 Å². The molecule has 1 atom stereocenters. The van der Waals surface area contributed by atoms with Gasteiger partial charge in [-0.05, 0) is 53.8 Å². The van der Waals surface area contributed by atoms with E-state index in [1.54, 1.807) is 0 Å². The minimum atomic E-state index is -0.160. The van der Waals surface area contributed by atoms with Crippen LogP contribution < -0.4 is 14.9 Å². The maximum absolute atomic E-state index is 14.0. The molecule has 0 N–H and O–H groups in total. The number of aryl methyl sites for hydroxylation is 2. The molecule has 3 aromatic carbocycles. The number of allylic oxidation sites excluding steroid dienone is 1. The molecule has 0 radical (unpaired) electrons. The van der Waals surface area contributed by atoms with Crippen molar-refractivity contribution >= 4 is 49.9 Å². The van der Waals surface area contributed by atoms with Crippen molar-refractivity contribution in [3.8, 4) is 0 Å². The largest absolute Gasteiger partial charge is 0.350 e. The highest BCUT2D eigenvalue weighted by Crippen LogP contribution is 2.41. The molecule has 0 bridgehead atoms. The van der Waals surface area contributed by atoms with Crippen LogP contribution in [0.4, 0.5) is 0 Å². The van der Waals surface area contributed by atoms with E-state index in [1.165, 1.54) is 28.0 Å². The Hall–Kier alpha value is -3.48. The fourth-order valence-electron chi connectivity index (χ4n) is 5.60. The lowest BCUT2D eigenvalue weighted by molar-refractivity contribution is 0.585. The Morgan fingerprint density at radius 1 is 1.00 bits per heavy atom. The molecule has 0 amide bonds. The van der Waals surface area contributed by atoms with Gasteiger partial charge < -0.3 is 4.57 Å². The second kappa shape index (κ2) is 8.29. The van der Waals surface area contributed by atoms with Gasteiger partial charge in [-0.15, -0.1) is 0 Å². The van der Waals surface area contributed by atoms with E-state index in [2.05, 4.69) is 87.4 Å². The predicted octanol–water partition coefficient (Wildman–Crippen LogP) is 5.57. The van der Waals surface area contributed by atoms with Crippen LogP contribution in [0.25, 0.3) is 22.7 Å². The molecule has 7 rings (SSSR count). The van der Waals surface area contributed by atoms with E-state index in [4.69, 9.17) is 4.99 Å². The van der Waals surface area contributed by atoms with E-state index in [9.17, 15) is 4.79 Å². The monoisotopic (exact) mass is 551 g/mol. The van der Waals surface area contributed by atoms with Crippen LogP contribution >= 0.6 is 27.3 Å². The third kappa shape index (κ3) is 3.32. The van der Waals surface area contributed by atoms with Gasteiger partial charge >= 0.3 is 0 Å². The molecular weight excluding hydrogens is 530 g/mol. The van der Waals surface area contributed by atoms with Crippen molar-refractivity contribution in [2.45, 2.75) is 18.9 Å². The van der Waals surface area contributed by atoms with E-state index in [0.29, 0.717) is 4.53 Å².